The highest BCUT2D eigenvalue weighted by molar-refractivity contribution is 7.22. The summed E-state index contributed by atoms with van der Waals surface area (Å²) in [5.74, 6) is -2.22. The van der Waals surface area contributed by atoms with Gasteiger partial charge in [0.25, 0.3) is 0 Å². The number of carboxylic acids is 2. The van der Waals surface area contributed by atoms with Gasteiger partial charge in [0, 0.05) is 18.7 Å². The second-order valence-corrected chi connectivity index (χ2v) is 5.92. The van der Waals surface area contributed by atoms with Gasteiger partial charge < -0.3 is 20.6 Å². The number of aromatic hydroxyl groups is 1. The minimum atomic E-state index is -1.26. The van der Waals surface area contributed by atoms with E-state index in [1.165, 1.54) is 0 Å². The van der Waals surface area contributed by atoms with Gasteiger partial charge in [-0.05, 0) is 37.5 Å². The highest BCUT2D eigenvalue weighted by Crippen LogP contribution is 2.28. The molecule has 1 heterocycles. The first-order chi connectivity index (χ1) is 11.9. The van der Waals surface area contributed by atoms with Crippen LogP contribution in [-0.4, -0.2) is 38.8 Å². The van der Waals surface area contributed by atoms with Gasteiger partial charge in [0.1, 0.15) is 5.75 Å². The van der Waals surface area contributed by atoms with E-state index in [2.05, 4.69) is 16.9 Å². The Hall–Kier alpha value is -2.87. The van der Waals surface area contributed by atoms with E-state index in [1.807, 2.05) is 12.1 Å². The van der Waals surface area contributed by atoms with Gasteiger partial charge in [-0.15, -0.1) is 6.58 Å². The summed E-state index contributed by atoms with van der Waals surface area (Å²) in [6.07, 6.45) is 6.40. The topological polar surface area (TPSA) is 120 Å². The first-order valence-corrected chi connectivity index (χ1v) is 8.32. The molecule has 0 saturated carbocycles. The average molecular weight is 364 g/mol. The van der Waals surface area contributed by atoms with E-state index in [-0.39, 0.29) is 0 Å². The second kappa shape index (κ2) is 10.8. The second-order valence-electron chi connectivity index (χ2n) is 4.89. The SMILES string of the molecule is C=CCCCCNc1nc2ccc(O)cc2s1.O=C(O)C=CC(=O)O. The van der Waals surface area contributed by atoms with Crippen LogP contribution in [0.15, 0.2) is 43.0 Å². The first kappa shape index (κ1) is 20.2. The minimum Gasteiger partial charge on any atom is -0.508 e. The zero-order valence-corrected chi connectivity index (χ0v) is 14.3. The Kier molecular flexibility index (Phi) is 8.73. The Morgan fingerprint density at radius 1 is 1.20 bits per heavy atom. The third-order valence-corrected chi connectivity index (χ3v) is 3.83. The number of thiazole rings is 1. The zero-order chi connectivity index (χ0) is 18.7. The van der Waals surface area contributed by atoms with E-state index in [1.54, 1.807) is 23.5 Å². The van der Waals surface area contributed by atoms with Gasteiger partial charge in [0.2, 0.25) is 0 Å². The Morgan fingerprint density at radius 2 is 1.88 bits per heavy atom. The summed E-state index contributed by atoms with van der Waals surface area (Å²) in [5, 5.41) is 29.2. The lowest BCUT2D eigenvalue weighted by atomic mass is 10.2. The molecule has 0 aliphatic carbocycles. The van der Waals surface area contributed by atoms with Crippen LogP contribution in [0, 0.1) is 0 Å². The molecule has 0 fully saturated rings. The summed E-state index contributed by atoms with van der Waals surface area (Å²) < 4.78 is 1.01. The van der Waals surface area contributed by atoms with Crippen LogP contribution < -0.4 is 5.32 Å². The number of nitrogens with zero attached hydrogens (tertiary/aromatic N) is 1. The van der Waals surface area contributed by atoms with Crippen molar-refractivity contribution >= 4 is 38.6 Å². The summed E-state index contributed by atoms with van der Waals surface area (Å²) in [5.41, 5.74) is 0.932. The van der Waals surface area contributed by atoms with Crippen LogP contribution in [0.1, 0.15) is 19.3 Å². The fraction of sp³-hybridized carbons (Fsp3) is 0.235. The largest absolute Gasteiger partial charge is 0.508 e. The lowest BCUT2D eigenvalue weighted by Gasteiger charge is -2.00. The summed E-state index contributed by atoms with van der Waals surface area (Å²) in [7, 11) is 0. The molecule has 1 aromatic heterocycles. The average Bonchev–Trinajstić information content (AvgIpc) is 2.95. The number of benzene rings is 1. The fourth-order valence-electron chi connectivity index (χ4n) is 1.74. The molecule has 8 heteroatoms. The molecule has 0 aliphatic heterocycles. The number of phenolic OH excluding ortho intramolecular Hbond substituents is 1. The van der Waals surface area contributed by atoms with Gasteiger partial charge in [0.05, 0.1) is 10.2 Å². The minimum absolute atomic E-state index is 0.290. The van der Waals surface area contributed by atoms with Gasteiger partial charge >= 0.3 is 11.9 Å². The molecule has 0 unspecified atom stereocenters. The molecule has 1 aromatic carbocycles. The number of nitrogens with one attached hydrogen (secondary N) is 1. The smallest absolute Gasteiger partial charge is 0.328 e. The van der Waals surface area contributed by atoms with Crippen LogP contribution in [0.4, 0.5) is 5.13 Å². The van der Waals surface area contributed by atoms with Crippen molar-refractivity contribution in [3.63, 3.8) is 0 Å². The van der Waals surface area contributed by atoms with E-state index >= 15 is 0 Å². The van der Waals surface area contributed by atoms with Crippen LogP contribution >= 0.6 is 11.3 Å². The predicted molar refractivity (Wildman–Crippen MR) is 98.2 cm³/mol. The number of aromatic nitrogens is 1. The van der Waals surface area contributed by atoms with Crippen molar-refractivity contribution in [1.29, 1.82) is 0 Å². The van der Waals surface area contributed by atoms with E-state index in [0.717, 1.165) is 41.2 Å². The van der Waals surface area contributed by atoms with Crippen molar-refractivity contribution in [1.82, 2.24) is 4.98 Å². The van der Waals surface area contributed by atoms with Crippen LogP contribution in [0.5, 0.6) is 5.75 Å². The molecular formula is C17H20N2O5S. The van der Waals surface area contributed by atoms with E-state index in [0.29, 0.717) is 17.9 Å². The van der Waals surface area contributed by atoms with Gasteiger partial charge in [-0.3, -0.25) is 0 Å². The molecule has 134 valence electrons. The molecule has 4 N–H and O–H groups in total. The standard InChI is InChI=1S/C13H16N2OS.C4H4O4/c1-2-3-4-5-8-14-13-15-11-7-6-10(16)9-12(11)17-13;5-3(6)1-2-4(7)8/h2,6-7,9,16H,1,3-5,8H2,(H,14,15);1-2H,(H,5,6)(H,7,8). The molecule has 25 heavy (non-hydrogen) atoms. The number of rotatable bonds is 8. The quantitative estimate of drug-likeness (QED) is 0.321. The summed E-state index contributed by atoms with van der Waals surface area (Å²) in [4.78, 5) is 23.6. The van der Waals surface area contributed by atoms with Crippen molar-refractivity contribution < 1.29 is 24.9 Å². The number of hydrogen-bond donors (Lipinski definition) is 4. The molecule has 0 aliphatic rings. The van der Waals surface area contributed by atoms with E-state index < -0.39 is 11.9 Å². The van der Waals surface area contributed by atoms with Gasteiger partial charge in [0.15, 0.2) is 5.13 Å². The zero-order valence-electron chi connectivity index (χ0n) is 13.5. The maximum Gasteiger partial charge on any atom is 0.328 e. The lowest BCUT2D eigenvalue weighted by Crippen LogP contribution is -2.00. The number of aliphatic carboxylic acids is 2. The van der Waals surface area contributed by atoms with Crippen LogP contribution in [-0.2, 0) is 9.59 Å². The van der Waals surface area contributed by atoms with Crippen molar-refractivity contribution in [2.75, 3.05) is 11.9 Å². The van der Waals surface area contributed by atoms with Crippen molar-refractivity contribution in [2.24, 2.45) is 0 Å². The summed E-state index contributed by atoms with van der Waals surface area (Å²) in [6.45, 7) is 4.63. The number of hydrogen-bond acceptors (Lipinski definition) is 6. The third-order valence-electron chi connectivity index (χ3n) is 2.85. The molecule has 0 radical (unpaired) electrons. The molecule has 2 rings (SSSR count). The molecule has 0 atom stereocenters. The van der Waals surface area contributed by atoms with E-state index in [4.69, 9.17) is 10.2 Å². The molecule has 0 saturated heterocycles. The number of unbranched alkanes of at least 4 members (excludes halogenated alkanes) is 2. The number of carbonyl (C=O) groups is 2. The van der Waals surface area contributed by atoms with Crippen molar-refractivity contribution in [2.45, 2.75) is 19.3 Å². The number of allylic oxidation sites excluding steroid dienone is 1. The number of phenols is 1. The van der Waals surface area contributed by atoms with Gasteiger partial charge in [-0.1, -0.05) is 17.4 Å². The van der Waals surface area contributed by atoms with Crippen LogP contribution in [0.25, 0.3) is 10.2 Å². The van der Waals surface area contributed by atoms with Crippen molar-refractivity contribution in [3.05, 3.63) is 43.0 Å². The summed E-state index contributed by atoms with van der Waals surface area (Å²) in [6, 6.07) is 5.25. The van der Waals surface area contributed by atoms with Gasteiger partial charge in [-0.25, -0.2) is 14.6 Å². The highest BCUT2D eigenvalue weighted by atomic mass is 32.1. The molecule has 2 aromatic rings. The van der Waals surface area contributed by atoms with Crippen LogP contribution in [0.2, 0.25) is 0 Å². The van der Waals surface area contributed by atoms with Crippen molar-refractivity contribution in [3.8, 4) is 5.75 Å². The predicted octanol–water partition coefficient (Wildman–Crippen LogP) is 3.48. The molecule has 0 bridgehead atoms. The normalized spacial score (nSPS) is 10.2. The summed E-state index contributed by atoms with van der Waals surface area (Å²) >= 11 is 1.57. The Bertz CT molecular complexity index is 739. The number of anilines is 1. The lowest BCUT2D eigenvalue weighted by molar-refractivity contribution is -0.134. The first-order valence-electron chi connectivity index (χ1n) is 7.50. The maximum absolute atomic E-state index is 9.55. The molecular weight excluding hydrogens is 344 g/mol. The molecule has 7 nitrogen and oxygen atoms in total. The monoisotopic (exact) mass is 364 g/mol. The van der Waals surface area contributed by atoms with Crippen LogP contribution in [0.3, 0.4) is 0 Å². The third kappa shape index (κ3) is 8.52. The number of carboxylic acid groups (broad SMARTS) is 2. The van der Waals surface area contributed by atoms with Gasteiger partial charge in [-0.2, -0.15) is 0 Å². The molecule has 0 spiro atoms. The Balaban J connectivity index is 0.000000333. The fourth-order valence-corrected chi connectivity index (χ4v) is 2.66. The van der Waals surface area contributed by atoms with E-state index in [9.17, 15) is 14.7 Å². The Labute approximate surface area is 149 Å². The molecule has 0 amide bonds. The highest BCUT2D eigenvalue weighted by Gasteiger charge is 2.03. The maximum atomic E-state index is 9.55. The number of fused-ring (bicyclic) bond motifs is 1. The Morgan fingerprint density at radius 3 is 2.48 bits per heavy atom.